The van der Waals surface area contributed by atoms with E-state index in [1.54, 1.807) is 0 Å². The van der Waals surface area contributed by atoms with Gasteiger partial charge in [0, 0.05) is 4.47 Å². The van der Waals surface area contributed by atoms with Gasteiger partial charge in [0.1, 0.15) is 0 Å². The minimum absolute atomic E-state index is 0.596. The fourth-order valence-electron chi connectivity index (χ4n) is 1.84. The van der Waals surface area contributed by atoms with Crippen LogP contribution in [0.25, 0.3) is 0 Å². The number of carboxylic acid groups (broad SMARTS) is 1. The number of aliphatic carboxylic acids is 1. The van der Waals surface area contributed by atoms with Gasteiger partial charge in [-0.15, -0.1) is 0 Å². The van der Waals surface area contributed by atoms with Crippen molar-refractivity contribution in [3.63, 3.8) is 0 Å². The van der Waals surface area contributed by atoms with Crippen LogP contribution >= 0.6 is 15.9 Å². The largest absolute Gasteiger partial charge is 0.481 e. The van der Waals surface area contributed by atoms with Crippen molar-refractivity contribution in [3.05, 3.63) is 33.3 Å². The van der Waals surface area contributed by atoms with E-state index in [4.69, 9.17) is 0 Å². The summed E-state index contributed by atoms with van der Waals surface area (Å²) in [5.41, 5.74) is 2.66. The molecule has 1 fully saturated rings. The van der Waals surface area contributed by atoms with Crippen molar-refractivity contribution in [1.29, 1.82) is 0 Å². The molecule has 0 bridgehead atoms. The number of hydrogen-bond donors (Lipinski definition) is 1. The summed E-state index contributed by atoms with van der Waals surface area (Å²) in [6, 6.07) is 3.95. The maximum Gasteiger partial charge on any atom is 0.314 e. The normalized spacial score (nSPS) is 17.5. The van der Waals surface area contributed by atoms with Gasteiger partial charge in [-0.25, -0.2) is 0 Å². The van der Waals surface area contributed by atoms with Gasteiger partial charge in [-0.1, -0.05) is 22.0 Å². The molecular weight excluding hydrogens is 256 g/mol. The van der Waals surface area contributed by atoms with Crippen LogP contribution in [0.15, 0.2) is 16.6 Å². The first-order valence-corrected chi connectivity index (χ1v) is 5.77. The minimum Gasteiger partial charge on any atom is -0.481 e. The molecule has 80 valence electrons. The van der Waals surface area contributed by atoms with Crippen LogP contribution in [0.1, 0.15) is 29.5 Å². The molecule has 2 rings (SSSR count). The smallest absolute Gasteiger partial charge is 0.314 e. The van der Waals surface area contributed by atoms with Crippen molar-refractivity contribution < 1.29 is 9.90 Å². The van der Waals surface area contributed by atoms with Crippen molar-refractivity contribution in [3.8, 4) is 0 Å². The van der Waals surface area contributed by atoms with E-state index in [9.17, 15) is 9.90 Å². The van der Waals surface area contributed by atoms with Gasteiger partial charge in [0.05, 0.1) is 5.41 Å². The number of rotatable bonds is 2. The molecule has 0 heterocycles. The lowest BCUT2D eigenvalue weighted by atomic mass is 9.93. The van der Waals surface area contributed by atoms with Crippen LogP contribution in [0, 0.1) is 13.8 Å². The zero-order chi connectivity index (χ0) is 11.2. The topological polar surface area (TPSA) is 37.3 Å². The summed E-state index contributed by atoms with van der Waals surface area (Å²) in [7, 11) is 0. The summed E-state index contributed by atoms with van der Waals surface area (Å²) in [6.07, 6.45) is 1.52. The highest BCUT2D eigenvalue weighted by atomic mass is 79.9. The Balaban J connectivity index is 2.51. The van der Waals surface area contributed by atoms with Crippen LogP contribution < -0.4 is 0 Å². The maximum atomic E-state index is 11.2. The highest BCUT2D eigenvalue weighted by Gasteiger charge is 2.51. The first kappa shape index (κ1) is 10.7. The molecule has 1 aliphatic rings. The molecule has 0 spiro atoms. The Labute approximate surface area is 97.4 Å². The van der Waals surface area contributed by atoms with E-state index in [-0.39, 0.29) is 0 Å². The molecule has 0 saturated heterocycles. The molecular formula is C12H13BrO2. The van der Waals surface area contributed by atoms with E-state index in [1.165, 1.54) is 5.56 Å². The van der Waals surface area contributed by atoms with E-state index in [0.717, 1.165) is 28.4 Å². The van der Waals surface area contributed by atoms with Crippen molar-refractivity contribution in [2.75, 3.05) is 0 Å². The summed E-state index contributed by atoms with van der Waals surface area (Å²) in [5.74, 6) is -0.697. The van der Waals surface area contributed by atoms with E-state index < -0.39 is 11.4 Å². The molecule has 1 saturated carbocycles. The van der Waals surface area contributed by atoms with Crippen molar-refractivity contribution in [2.24, 2.45) is 0 Å². The Morgan fingerprint density at radius 1 is 1.40 bits per heavy atom. The lowest BCUT2D eigenvalue weighted by Gasteiger charge is -2.13. The summed E-state index contributed by atoms with van der Waals surface area (Å²) in [4.78, 5) is 11.2. The number of aryl methyl sites for hydroxylation is 1. The van der Waals surface area contributed by atoms with Crippen molar-refractivity contribution >= 4 is 21.9 Å². The minimum atomic E-state index is -0.697. The lowest BCUT2D eigenvalue weighted by molar-refractivity contribution is -0.140. The third-order valence-corrected chi connectivity index (χ3v) is 4.14. The Morgan fingerprint density at radius 3 is 2.40 bits per heavy atom. The zero-order valence-corrected chi connectivity index (χ0v) is 10.4. The van der Waals surface area contributed by atoms with Gasteiger partial charge in [-0.2, -0.15) is 0 Å². The molecule has 3 heteroatoms. The lowest BCUT2D eigenvalue weighted by Crippen LogP contribution is -2.19. The fourth-order valence-corrected chi connectivity index (χ4v) is 2.40. The van der Waals surface area contributed by atoms with Crippen LogP contribution in [-0.2, 0) is 10.2 Å². The van der Waals surface area contributed by atoms with Crippen LogP contribution in [0.4, 0.5) is 0 Å². The van der Waals surface area contributed by atoms with Crippen LogP contribution in [0.3, 0.4) is 0 Å². The van der Waals surface area contributed by atoms with Crippen LogP contribution in [-0.4, -0.2) is 11.1 Å². The second-order valence-electron chi connectivity index (χ2n) is 4.29. The second kappa shape index (κ2) is 3.34. The fraction of sp³-hybridized carbons (Fsp3) is 0.417. The van der Waals surface area contributed by atoms with Crippen molar-refractivity contribution in [1.82, 2.24) is 0 Å². The van der Waals surface area contributed by atoms with Crippen molar-refractivity contribution in [2.45, 2.75) is 32.1 Å². The predicted molar refractivity (Wildman–Crippen MR) is 62.2 cm³/mol. The van der Waals surface area contributed by atoms with Gasteiger partial charge in [-0.05, 0) is 49.4 Å². The zero-order valence-electron chi connectivity index (χ0n) is 8.80. The number of benzene rings is 1. The monoisotopic (exact) mass is 268 g/mol. The molecule has 0 aromatic heterocycles. The molecule has 0 amide bonds. The SMILES string of the molecule is Cc1cc(C2(C(=O)O)CC2)cc(Br)c1C. The van der Waals surface area contributed by atoms with Gasteiger partial charge in [0.15, 0.2) is 0 Å². The van der Waals surface area contributed by atoms with Crippen LogP contribution in [0.2, 0.25) is 0 Å². The van der Waals surface area contributed by atoms with Gasteiger partial charge in [-0.3, -0.25) is 4.79 Å². The summed E-state index contributed by atoms with van der Waals surface area (Å²) in [5, 5.41) is 9.19. The van der Waals surface area contributed by atoms with Gasteiger partial charge in [0.25, 0.3) is 0 Å². The summed E-state index contributed by atoms with van der Waals surface area (Å²) in [6.45, 7) is 4.05. The highest BCUT2D eigenvalue weighted by Crippen LogP contribution is 2.49. The number of halogens is 1. The second-order valence-corrected chi connectivity index (χ2v) is 5.14. The number of carbonyl (C=O) groups is 1. The van der Waals surface area contributed by atoms with Crippen LogP contribution in [0.5, 0.6) is 0 Å². The molecule has 15 heavy (non-hydrogen) atoms. The molecule has 0 radical (unpaired) electrons. The predicted octanol–water partition coefficient (Wildman–Crippen LogP) is 3.18. The molecule has 1 aliphatic carbocycles. The Kier molecular flexibility index (Phi) is 2.38. The Bertz CT molecular complexity index is 410. The molecule has 2 nitrogen and oxygen atoms in total. The van der Waals surface area contributed by atoms with Gasteiger partial charge < -0.3 is 5.11 Å². The van der Waals surface area contributed by atoms with Gasteiger partial charge in [0.2, 0.25) is 0 Å². The maximum absolute atomic E-state index is 11.2. The Morgan fingerprint density at radius 2 is 2.00 bits per heavy atom. The summed E-state index contributed by atoms with van der Waals surface area (Å²) < 4.78 is 1.00. The standard InChI is InChI=1S/C12H13BrO2/c1-7-5-9(6-10(13)8(7)2)12(3-4-12)11(14)15/h5-6H,3-4H2,1-2H3,(H,14,15). The third-order valence-electron chi connectivity index (χ3n) is 3.32. The molecule has 0 aliphatic heterocycles. The van der Waals surface area contributed by atoms with Gasteiger partial charge >= 0.3 is 5.97 Å². The molecule has 1 aromatic carbocycles. The highest BCUT2D eigenvalue weighted by molar-refractivity contribution is 9.10. The first-order valence-electron chi connectivity index (χ1n) is 4.98. The average Bonchev–Trinajstić information content (AvgIpc) is 2.93. The Hall–Kier alpha value is -0.830. The van der Waals surface area contributed by atoms with E-state index in [2.05, 4.69) is 15.9 Å². The average molecular weight is 269 g/mol. The van der Waals surface area contributed by atoms with E-state index >= 15 is 0 Å². The first-order chi connectivity index (χ1) is 6.97. The quantitative estimate of drug-likeness (QED) is 0.895. The molecule has 1 aromatic rings. The van der Waals surface area contributed by atoms with E-state index in [1.807, 2.05) is 26.0 Å². The molecule has 0 atom stereocenters. The molecule has 1 N–H and O–H groups in total. The number of hydrogen-bond acceptors (Lipinski definition) is 1. The third kappa shape index (κ3) is 1.59. The number of carboxylic acids is 1. The van der Waals surface area contributed by atoms with E-state index in [0.29, 0.717) is 0 Å². The summed E-state index contributed by atoms with van der Waals surface area (Å²) >= 11 is 3.47. The molecule has 0 unspecified atom stereocenters.